The van der Waals surface area contributed by atoms with E-state index in [2.05, 4.69) is 10.1 Å². The van der Waals surface area contributed by atoms with Crippen molar-refractivity contribution in [2.24, 2.45) is 0 Å². The number of hydrogen-bond acceptors (Lipinski definition) is 4. The number of carboxylic acid groups (broad SMARTS) is 1. The number of aromatic nitrogens is 3. The molecule has 0 radical (unpaired) electrons. The van der Waals surface area contributed by atoms with Crippen LogP contribution in [0.4, 0.5) is 0 Å². The lowest BCUT2D eigenvalue weighted by atomic mass is 9.93. The Morgan fingerprint density at radius 2 is 1.93 bits per heavy atom. The summed E-state index contributed by atoms with van der Waals surface area (Å²) in [5, 5.41) is 14.8. The highest BCUT2D eigenvalue weighted by Crippen LogP contribution is 2.27. The first-order valence-electron chi connectivity index (χ1n) is 9.32. The van der Waals surface area contributed by atoms with Crippen molar-refractivity contribution in [3.8, 4) is 0 Å². The third-order valence-electron chi connectivity index (χ3n) is 5.27. The van der Waals surface area contributed by atoms with Crippen molar-refractivity contribution < 1.29 is 14.7 Å². The Morgan fingerprint density at radius 1 is 1.21 bits per heavy atom. The molecule has 1 aliphatic rings. The van der Waals surface area contributed by atoms with Gasteiger partial charge in [-0.1, -0.05) is 24.3 Å². The van der Waals surface area contributed by atoms with Crippen molar-refractivity contribution >= 4 is 22.9 Å². The van der Waals surface area contributed by atoms with E-state index in [0.717, 1.165) is 22.2 Å². The standard InChI is InChI=1S/C21H22N4O3/c1-12(2)25-19-16(10-22-25)8-17(13(3)23-19)20(26)24-11-15-7-5-4-6-14(15)9-18(24)21(27)28/h4-8,10,12,18H,9,11H2,1-3H3,(H,27,28). The number of nitrogens with zero attached hydrogens (tertiary/aromatic N) is 4. The lowest BCUT2D eigenvalue weighted by Crippen LogP contribution is -2.48. The van der Waals surface area contributed by atoms with Gasteiger partial charge in [0.1, 0.15) is 6.04 Å². The predicted molar refractivity (Wildman–Crippen MR) is 104 cm³/mol. The van der Waals surface area contributed by atoms with Crippen LogP contribution in [0.5, 0.6) is 0 Å². The molecule has 144 valence electrons. The van der Waals surface area contributed by atoms with Gasteiger partial charge in [-0.2, -0.15) is 5.10 Å². The summed E-state index contributed by atoms with van der Waals surface area (Å²) >= 11 is 0. The molecule has 1 aliphatic heterocycles. The van der Waals surface area contributed by atoms with Crippen LogP contribution in [0.15, 0.2) is 36.5 Å². The first kappa shape index (κ1) is 18.2. The summed E-state index contributed by atoms with van der Waals surface area (Å²) < 4.78 is 1.81. The molecule has 28 heavy (non-hydrogen) atoms. The third-order valence-corrected chi connectivity index (χ3v) is 5.27. The fraction of sp³-hybridized carbons (Fsp3) is 0.333. The first-order valence-corrected chi connectivity index (χ1v) is 9.32. The zero-order chi connectivity index (χ0) is 20.0. The maximum Gasteiger partial charge on any atom is 0.326 e. The monoisotopic (exact) mass is 378 g/mol. The van der Waals surface area contributed by atoms with Gasteiger partial charge >= 0.3 is 5.97 Å². The van der Waals surface area contributed by atoms with Gasteiger partial charge in [0.05, 0.1) is 17.5 Å². The molecule has 1 amide bonds. The number of fused-ring (bicyclic) bond motifs is 2. The van der Waals surface area contributed by atoms with Crippen molar-refractivity contribution in [1.82, 2.24) is 19.7 Å². The molecular weight excluding hydrogens is 356 g/mol. The zero-order valence-electron chi connectivity index (χ0n) is 16.1. The number of benzene rings is 1. The zero-order valence-corrected chi connectivity index (χ0v) is 16.1. The number of pyridine rings is 1. The number of hydrogen-bond donors (Lipinski definition) is 1. The van der Waals surface area contributed by atoms with E-state index in [0.29, 0.717) is 17.7 Å². The van der Waals surface area contributed by atoms with Gasteiger partial charge in [0.2, 0.25) is 0 Å². The maximum atomic E-state index is 13.3. The number of aryl methyl sites for hydroxylation is 1. The van der Waals surface area contributed by atoms with Crippen LogP contribution in [0.3, 0.4) is 0 Å². The summed E-state index contributed by atoms with van der Waals surface area (Å²) in [6, 6.07) is 8.69. The summed E-state index contributed by atoms with van der Waals surface area (Å²) in [4.78, 5) is 31.2. The number of amides is 1. The van der Waals surface area contributed by atoms with E-state index in [1.54, 1.807) is 19.2 Å². The van der Waals surface area contributed by atoms with Gasteiger partial charge < -0.3 is 10.0 Å². The van der Waals surface area contributed by atoms with Gasteiger partial charge in [0, 0.05) is 24.4 Å². The Kier molecular flexibility index (Phi) is 4.37. The van der Waals surface area contributed by atoms with Gasteiger partial charge in [-0.15, -0.1) is 0 Å². The molecule has 3 aromatic rings. The van der Waals surface area contributed by atoms with Crippen LogP contribution >= 0.6 is 0 Å². The minimum Gasteiger partial charge on any atom is -0.480 e. The average Bonchev–Trinajstić information content (AvgIpc) is 3.08. The Labute approximate surface area is 162 Å². The molecule has 2 aromatic heterocycles. The Balaban J connectivity index is 1.75. The fourth-order valence-electron chi connectivity index (χ4n) is 3.77. The number of carbonyl (C=O) groups is 2. The van der Waals surface area contributed by atoms with Crippen LogP contribution in [0.2, 0.25) is 0 Å². The van der Waals surface area contributed by atoms with Crippen LogP contribution in [0, 0.1) is 6.92 Å². The number of carbonyl (C=O) groups excluding carboxylic acids is 1. The van der Waals surface area contributed by atoms with Crippen molar-refractivity contribution in [2.75, 3.05) is 0 Å². The molecule has 7 heteroatoms. The van der Waals surface area contributed by atoms with E-state index in [-0.39, 0.29) is 18.5 Å². The minimum absolute atomic E-state index is 0.154. The largest absolute Gasteiger partial charge is 0.480 e. The highest BCUT2D eigenvalue weighted by molar-refractivity contribution is 6.00. The van der Waals surface area contributed by atoms with E-state index in [1.165, 1.54) is 4.90 Å². The van der Waals surface area contributed by atoms with E-state index in [1.807, 2.05) is 42.8 Å². The Hall–Kier alpha value is -3.22. The molecule has 0 aliphatic carbocycles. The van der Waals surface area contributed by atoms with E-state index >= 15 is 0 Å². The van der Waals surface area contributed by atoms with Gasteiger partial charge in [0.25, 0.3) is 5.91 Å². The lowest BCUT2D eigenvalue weighted by Gasteiger charge is -2.34. The third kappa shape index (κ3) is 2.93. The molecule has 0 bridgehead atoms. The highest BCUT2D eigenvalue weighted by Gasteiger charge is 2.35. The Bertz CT molecular complexity index is 1090. The van der Waals surface area contributed by atoms with E-state index in [9.17, 15) is 14.7 Å². The van der Waals surface area contributed by atoms with Crippen molar-refractivity contribution in [3.63, 3.8) is 0 Å². The van der Waals surface area contributed by atoms with Crippen LogP contribution in [0.25, 0.3) is 11.0 Å². The molecule has 4 rings (SSSR count). The molecule has 3 heterocycles. The summed E-state index contributed by atoms with van der Waals surface area (Å²) in [5.74, 6) is -1.31. The fourth-order valence-corrected chi connectivity index (χ4v) is 3.77. The number of carboxylic acids is 1. The van der Waals surface area contributed by atoms with Crippen molar-refractivity contribution in [2.45, 2.75) is 45.8 Å². The lowest BCUT2D eigenvalue weighted by molar-refractivity contribution is -0.142. The molecule has 1 unspecified atom stereocenters. The normalized spacial score (nSPS) is 16.4. The molecule has 1 aromatic carbocycles. The second kappa shape index (κ2) is 6.74. The molecule has 1 atom stereocenters. The van der Waals surface area contributed by atoms with Crippen LogP contribution in [-0.2, 0) is 17.8 Å². The van der Waals surface area contributed by atoms with E-state index < -0.39 is 12.0 Å². The number of rotatable bonds is 3. The van der Waals surface area contributed by atoms with Crippen molar-refractivity contribution in [1.29, 1.82) is 0 Å². The predicted octanol–water partition coefficient (Wildman–Crippen LogP) is 2.97. The van der Waals surface area contributed by atoms with Crippen molar-refractivity contribution in [3.05, 3.63) is 58.9 Å². The average molecular weight is 378 g/mol. The summed E-state index contributed by atoms with van der Waals surface area (Å²) in [5.41, 5.74) is 3.67. The van der Waals surface area contributed by atoms with Gasteiger partial charge in [0.15, 0.2) is 5.65 Å². The summed E-state index contributed by atoms with van der Waals surface area (Å²) in [6.07, 6.45) is 2.00. The van der Waals surface area contributed by atoms with E-state index in [4.69, 9.17) is 0 Å². The molecule has 7 nitrogen and oxygen atoms in total. The minimum atomic E-state index is -0.998. The highest BCUT2D eigenvalue weighted by atomic mass is 16.4. The molecule has 0 saturated carbocycles. The first-order chi connectivity index (χ1) is 13.4. The van der Waals surface area contributed by atoms with Gasteiger partial charge in [-0.25, -0.2) is 14.5 Å². The molecular formula is C21H22N4O3. The maximum absolute atomic E-state index is 13.3. The topological polar surface area (TPSA) is 88.3 Å². The molecule has 0 saturated heterocycles. The van der Waals surface area contributed by atoms with Gasteiger partial charge in [-0.05, 0) is 38.0 Å². The SMILES string of the molecule is Cc1nc2c(cnn2C(C)C)cc1C(=O)N1Cc2ccccc2CC1C(=O)O. The van der Waals surface area contributed by atoms with Crippen LogP contribution in [-0.4, -0.2) is 42.7 Å². The number of aliphatic carboxylic acids is 1. The summed E-state index contributed by atoms with van der Waals surface area (Å²) in [6.45, 7) is 6.09. The summed E-state index contributed by atoms with van der Waals surface area (Å²) in [7, 11) is 0. The van der Waals surface area contributed by atoms with Crippen LogP contribution < -0.4 is 0 Å². The molecule has 1 N–H and O–H groups in total. The smallest absolute Gasteiger partial charge is 0.326 e. The Morgan fingerprint density at radius 3 is 2.61 bits per heavy atom. The quantitative estimate of drug-likeness (QED) is 0.757. The molecule has 0 spiro atoms. The second-order valence-corrected chi connectivity index (χ2v) is 7.48. The van der Waals surface area contributed by atoms with Gasteiger partial charge in [-0.3, -0.25) is 4.79 Å². The molecule has 0 fully saturated rings. The van der Waals surface area contributed by atoms with Crippen LogP contribution in [0.1, 0.15) is 47.1 Å². The second-order valence-electron chi connectivity index (χ2n) is 7.48.